The van der Waals surface area contributed by atoms with Gasteiger partial charge in [0.05, 0.1) is 5.69 Å². The summed E-state index contributed by atoms with van der Waals surface area (Å²) in [5.74, 6) is 0.323. The first-order chi connectivity index (χ1) is 9.04. The molecular formula is C13H12Cl2N2O2. The van der Waals surface area contributed by atoms with E-state index in [-0.39, 0.29) is 18.5 Å². The zero-order valence-electron chi connectivity index (χ0n) is 10.1. The van der Waals surface area contributed by atoms with Crippen LogP contribution in [0.25, 0.3) is 0 Å². The minimum absolute atomic E-state index is 0.138. The van der Waals surface area contributed by atoms with E-state index in [1.807, 2.05) is 0 Å². The van der Waals surface area contributed by atoms with Crippen molar-refractivity contribution in [3.8, 4) is 0 Å². The van der Waals surface area contributed by atoms with E-state index in [0.29, 0.717) is 28.2 Å². The van der Waals surface area contributed by atoms with Gasteiger partial charge in [-0.1, -0.05) is 23.2 Å². The maximum Gasteiger partial charge on any atom is 0.331 e. The molecule has 0 unspecified atom stereocenters. The highest BCUT2D eigenvalue weighted by atomic mass is 35.5. The summed E-state index contributed by atoms with van der Waals surface area (Å²) in [6.45, 7) is 0.800. The molecular weight excluding hydrogens is 287 g/mol. The Morgan fingerprint density at radius 3 is 2.32 bits per heavy atom. The molecule has 19 heavy (non-hydrogen) atoms. The van der Waals surface area contributed by atoms with Crippen LogP contribution in [-0.2, 0) is 4.79 Å². The second kappa shape index (κ2) is 4.69. The number of benzene rings is 1. The summed E-state index contributed by atoms with van der Waals surface area (Å²) in [4.78, 5) is 27.0. The van der Waals surface area contributed by atoms with Gasteiger partial charge in [-0.2, -0.15) is 0 Å². The summed E-state index contributed by atoms with van der Waals surface area (Å²) in [7, 11) is 0. The number of anilines is 1. The second-order valence-electron chi connectivity index (χ2n) is 4.96. The molecule has 0 atom stereocenters. The highest BCUT2D eigenvalue weighted by molar-refractivity contribution is 6.35. The lowest BCUT2D eigenvalue weighted by atomic mass is 10.3. The lowest BCUT2D eigenvalue weighted by Crippen LogP contribution is -2.34. The Labute approximate surface area is 120 Å². The summed E-state index contributed by atoms with van der Waals surface area (Å²) < 4.78 is 0. The Morgan fingerprint density at radius 2 is 1.74 bits per heavy atom. The molecule has 2 aliphatic rings. The van der Waals surface area contributed by atoms with E-state index < -0.39 is 0 Å². The van der Waals surface area contributed by atoms with Crippen LogP contribution in [0.4, 0.5) is 10.5 Å². The molecule has 4 nitrogen and oxygen atoms in total. The molecule has 0 aromatic heterocycles. The average molecular weight is 299 g/mol. The molecule has 1 aromatic rings. The van der Waals surface area contributed by atoms with E-state index in [9.17, 15) is 9.59 Å². The van der Waals surface area contributed by atoms with Crippen LogP contribution in [0.3, 0.4) is 0 Å². The molecule has 0 spiro atoms. The van der Waals surface area contributed by atoms with Crippen molar-refractivity contribution < 1.29 is 9.59 Å². The summed E-state index contributed by atoms with van der Waals surface area (Å²) in [5.41, 5.74) is 0.436. The van der Waals surface area contributed by atoms with Crippen molar-refractivity contribution in [3.05, 3.63) is 28.2 Å². The van der Waals surface area contributed by atoms with Crippen LogP contribution in [-0.4, -0.2) is 29.9 Å². The molecule has 1 aliphatic carbocycles. The second-order valence-corrected chi connectivity index (χ2v) is 5.84. The quantitative estimate of drug-likeness (QED) is 0.804. The third-order valence-electron chi connectivity index (χ3n) is 3.32. The average Bonchev–Trinajstić information content (AvgIpc) is 3.06. The summed E-state index contributed by atoms with van der Waals surface area (Å²) in [6, 6.07) is 4.43. The highest BCUT2D eigenvalue weighted by Crippen LogP contribution is 2.33. The summed E-state index contributed by atoms with van der Waals surface area (Å²) in [6.07, 6.45) is 2.28. The lowest BCUT2D eigenvalue weighted by molar-refractivity contribution is -0.116. The van der Waals surface area contributed by atoms with Gasteiger partial charge in [0, 0.05) is 16.6 Å². The van der Waals surface area contributed by atoms with Crippen molar-refractivity contribution in [3.63, 3.8) is 0 Å². The van der Waals surface area contributed by atoms with Crippen molar-refractivity contribution in [1.82, 2.24) is 4.90 Å². The van der Waals surface area contributed by atoms with E-state index in [1.165, 1.54) is 0 Å². The predicted octanol–water partition coefficient (Wildman–Crippen LogP) is 3.17. The number of hydrogen-bond acceptors (Lipinski definition) is 2. The number of rotatable bonds is 3. The first-order valence-electron chi connectivity index (χ1n) is 6.12. The van der Waals surface area contributed by atoms with Crippen molar-refractivity contribution in [1.29, 1.82) is 0 Å². The third-order valence-corrected chi connectivity index (χ3v) is 3.75. The largest absolute Gasteiger partial charge is 0.331 e. The van der Waals surface area contributed by atoms with Gasteiger partial charge in [0.25, 0.3) is 5.91 Å². The van der Waals surface area contributed by atoms with Crippen LogP contribution < -0.4 is 4.90 Å². The standard InChI is InChI=1S/C13H12Cl2N2O2/c14-9-3-10(15)5-11(4-9)17-12(18)7-16(13(17)19)6-8-1-2-8/h3-5,8H,1-2,6-7H2. The van der Waals surface area contributed by atoms with Crippen LogP contribution in [0.5, 0.6) is 0 Å². The minimum Gasteiger partial charge on any atom is -0.314 e. The molecule has 1 aromatic carbocycles. The zero-order valence-corrected chi connectivity index (χ0v) is 11.6. The first kappa shape index (κ1) is 12.8. The van der Waals surface area contributed by atoms with Gasteiger partial charge in [0.15, 0.2) is 0 Å². The number of amides is 3. The third kappa shape index (κ3) is 2.55. The fourth-order valence-corrected chi connectivity index (χ4v) is 2.74. The van der Waals surface area contributed by atoms with E-state index in [0.717, 1.165) is 17.7 Å². The van der Waals surface area contributed by atoms with Crippen molar-refractivity contribution in [2.75, 3.05) is 18.0 Å². The molecule has 1 aliphatic heterocycles. The van der Waals surface area contributed by atoms with E-state index in [2.05, 4.69) is 0 Å². The van der Waals surface area contributed by atoms with Gasteiger partial charge in [0.1, 0.15) is 6.54 Å². The Kier molecular flexibility index (Phi) is 3.15. The molecule has 2 fully saturated rings. The fraction of sp³-hybridized carbons (Fsp3) is 0.385. The van der Waals surface area contributed by atoms with Crippen LogP contribution >= 0.6 is 23.2 Å². The fourth-order valence-electron chi connectivity index (χ4n) is 2.23. The Morgan fingerprint density at radius 1 is 1.11 bits per heavy atom. The Balaban J connectivity index is 1.86. The van der Waals surface area contributed by atoms with Crippen LogP contribution in [0, 0.1) is 5.92 Å². The summed E-state index contributed by atoms with van der Waals surface area (Å²) >= 11 is 11.8. The van der Waals surface area contributed by atoms with Gasteiger partial charge in [-0.25, -0.2) is 9.69 Å². The van der Waals surface area contributed by atoms with Crippen molar-refractivity contribution in [2.24, 2.45) is 5.92 Å². The molecule has 0 bridgehead atoms. The predicted molar refractivity (Wildman–Crippen MR) is 73.6 cm³/mol. The maximum atomic E-state index is 12.2. The number of urea groups is 1. The molecule has 100 valence electrons. The molecule has 1 saturated heterocycles. The maximum absolute atomic E-state index is 12.2. The molecule has 0 radical (unpaired) electrons. The topological polar surface area (TPSA) is 40.6 Å². The van der Waals surface area contributed by atoms with Gasteiger partial charge in [-0.3, -0.25) is 4.79 Å². The number of carbonyl (C=O) groups excluding carboxylic acids is 2. The van der Waals surface area contributed by atoms with Gasteiger partial charge >= 0.3 is 6.03 Å². The van der Waals surface area contributed by atoms with Gasteiger partial charge < -0.3 is 4.90 Å². The number of carbonyl (C=O) groups is 2. The number of hydrogen-bond donors (Lipinski definition) is 0. The van der Waals surface area contributed by atoms with Crippen LogP contribution in [0.1, 0.15) is 12.8 Å². The van der Waals surface area contributed by atoms with Gasteiger partial charge in [0.2, 0.25) is 0 Å². The highest BCUT2D eigenvalue weighted by Gasteiger charge is 2.39. The Hall–Kier alpha value is -1.26. The van der Waals surface area contributed by atoms with Crippen LogP contribution in [0.2, 0.25) is 10.0 Å². The molecule has 1 saturated carbocycles. The lowest BCUT2D eigenvalue weighted by Gasteiger charge is -2.17. The van der Waals surface area contributed by atoms with Gasteiger partial charge in [-0.15, -0.1) is 0 Å². The zero-order chi connectivity index (χ0) is 13.6. The number of imide groups is 1. The number of nitrogens with zero attached hydrogens (tertiary/aromatic N) is 2. The number of halogens is 2. The van der Waals surface area contributed by atoms with E-state index in [1.54, 1.807) is 23.1 Å². The monoisotopic (exact) mass is 298 g/mol. The van der Waals surface area contributed by atoms with Crippen molar-refractivity contribution >= 4 is 40.8 Å². The SMILES string of the molecule is O=C1CN(CC2CC2)C(=O)N1c1cc(Cl)cc(Cl)c1. The first-order valence-corrected chi connectivity index (χ1v) is 6.88. The molecule has 3 amide bonds. The van der Waals surface area contributed by atoms with E-state index >= 15 is 0 Å². The molecule has 6 heteroatoms. The minimum atomic E-state index is -0.282. The Bertz CT molecular complexity index is 537. The summed E-state index contributed by atoms with van der Waals surface area (Å²) in [5, 5.41) is 0.812. The molecule has 0 N–H and O–H groups in total. The van der Waals surface area contributed by atoms with E-state index in [4.69, 9.17) is 23.2 Å². The molecule has 1 heterocycles. The molecule has 3 rings (SSSR count). The smallest absolute Gasteiger partial charge is 0.314 e. The van der Waals surface area contributed by atoms with Crippen LogP contribution in [0.15, 0.2) is 18.2 Å². The van der Waals surface area contributed by atoms with Crippen molar-refractivity contribution in [2.45, 2.75) is 12.8 Å². The normalized spacial score (nSPS) is 19.5. The van der Waals surface area contributed by atoms with Gasteiger partial charge in [-0.05, 0) is 37.0 Å².